The lowest BCUT2D eigenvalue weighted by Gasteiger charge is -2.23. The van der Waals surface area contributed by atoms with Crippen molar-refractivity contribution in [2.45, 2.75) is 27.1 Å². The van der Waals surface area contributed by atoms with Gasteiger partial charge in [0.15, 0.2) is 34.6 Å². The highest BCUT2D eigenvalue weighted by molar-refractivity contribution is 6.19. The van der Waals surface area contributed by atoms with E-state index >= 15 is 0 Å². The Labute approximate surface area is 279 Å². The van der Waals surface area contributed by atoms with E-state index in [1.165, 1.54) is 50.6 Å². The Balaban J connectivity index is 1.67. The number of hydrogen-bond donors (Lipinski definition) is 0. The summed E-state index contributed by atoms with van der Waals surface area (Å²) in [5, 5.41) is 0. The van der Waals surface area contributed by atoms with Gasteiger partial charge in [-0.1, -0.05) is 60.7 Å². The zero-order valence-electron chi connectivity index (χ0n) is 27.3. The van der Waals surface area contributed by atoms with Gasteiger partial charge in [0, 0.05) is 11.1 Å². The van der Waals surface area contributed by atoms with E-state index in [4.69, 9.17) is 28.4 Å². The molecule has 0 N–H and O–H groups in total. The average Bonchev–Trinajstić information content (AvgIpc) is 3.12. The summed E-state index contributed by atoms with van der Waals surface area (Å²) in [6.45, 7) is 3.42. The number of ether oxygens (including phenoxy) is 6. The molecule has 48 heavy (non-hydrogen) atoms. The second-order valence-electron chi connectivity index (χ2n) is 10.5. The molecular weight excluding hydrogens is 616 g/mol. The van der Waals surface area contributed by atoms with Crippen molar-refractivity contribution in [3.63, 3.8) is 0 Å². The molecule has 250 valence electrons. The minimum atomic E-state index is -1.86. The van der Waals surface area contributed by atoms with E-state index in [1.54, 1.807) is 13.8 Å². The lowest BCUT2D eigenvalue weighted by molar-refractivity contribution is -0.156. The van der Waals surface area contributed by atoms with Crippen LogP contribution in [-0.4, -0.2) is 50.9 Å². The van der Waals surface area contributed by atoms with Gasteiger partial charge in [0.25, 0.3) is 0 Å². The standard InChI is InChI=1S/C38H38O10/c1-5-45-37(41)33(35(39)27-17-19-29(31(21-27)43-3)47-23-25-13-9-7-10-14-25)34(38(42)46-6-2)36(40)28-18-20-30(32(22-28)44-4)48-24-26-15-11-8-12-16-26/h7-22,33-34H,5-6,23-24H2,1-4H3/t33-,34+. The first-order valence-electron chi connectivity index (χ1n) is 15.4. The lowest BCUT2D eigenvalue weighted by Crippen LogP contribution is -2.42. The Morgan fingerprint density at radius 3 is 1.23 bits per heavy atom. The minimum absolute atomic E-state index is 0.00121. The van der Waals surface area contributed by atoms with Crippen LogP contribution in [0.25, 0.3) is 0 Å². The van der Waals surface area contributed by atoms with Crippen molar-refractivity contribution in [3.05, 3.63) is 119 Å². The maximum atomic E-state index is 14.1. The molecule has 0 saturated heterocycles. The van der Waals surface area contributed by atoms with Gasteiger partial charge in [0.2, 0.25) is 0 Å². The molecule has 0 amide bonds. The van der Waals surface area contributed by atoms with Crippen LogP contribution in [-0.2, 0) is 32.3 Å². The molecule has 10 heteroatoms. The van der Waals surface area contributed by atoms with Gasteiger partial charge in [-0.25, -0.2) is 0 Å². The molecule has 0 fully saturated rings. The number of ketones is 2. The molecule has 2 atom stereocenters. The molecule has 0 aliphatic heterocycles. The Bertz CT molecular complexity index is 1570. The van der Waals surface area contributed by atoms with E-state index in [9.17, 15) is 19.2 Å². The number of rotatable bonds is 17. The first kappa shape index (κ1) is 35.2. The van der Waals surface area contributed by atoms with Crippen LogP contribution in [0.4, 0.5) is 0 Å². The van der Waals surface area contributed by atoms with Gasteiger partial charge in [-0.15, -0.1) is 0 Å². The summed E-state index contributed by atoms with van der Waals surface area (Å²) in [6.07, 6.45) is 0. The lowest BCUT2D eigenvalue weighted by atomic mass is 9.80. The van der Waals surface area contributed by atoms with Crippen LogP contribution in [0.15, 0.2) is 97.1 Å². The predicted octanol–water partition coefficient (Wildman–Crippen LogP) is 6.29. The van der Waals surface area contributed by atoms with E-state index in [2.05, 4.69) is 0 Å². The number of esters is 2. The summed E-state index contributed by atoms with van der Waals surface area (Å²) in [6, 6.07) is 27.7. The third kappa shape index (κ3) is 8.79. The van der Waals surface area contributed by atoms with Crippen molar-refractivity contribution in [3.8, 4) is 23.0 Å². The monoisotopic (exact) mass is 654 g/mol. The van der Waals surface area contributed by atoms with Crippen LogP contribution in [0.5, 0.6) is 23.0 Å². The fourth-order valence-electron chi connectivity index (χ4n) is 4.96. The molecule has 0 aliphatic carbocycles. The number of methoxy groups -OCH3 is 2. The third-order valence-corrected chi connectivity index (χ3v) is 7.35. The van der Waals surface area contributed by atoms with Crippen LogP contribution in [0.1, 0.15) is 45.7 Å². The van der Waals surface area contributed by atoms with E-state index in [0.29, 0.717) is 11.5 Å². The van der Waals surface area contributed by atoms with E-state index in [-0.39, 0.29) is 49.1 Å². The molecular formula is C38H38O10. The Hall–Kier alpha value is -5.64. The number of benzene rings is 4. The summed E-state index contributed by atoms with van der Waals surface area (Å²) < 4.78 is 33.2. The van der Waals surface area contributed by atoms with Gasteiger partial charge in [-0.05, 0) is 61.4 Å². The maximum absolute atomic E-state index is 14.1. The molecule has 0 aromatic heterocycles. The first-order chi connectivity index (χ1) is 23.3. The number of carbonyl (C=O) groups is 4. The molecule has 10 nitrogen and oxygen atoms in total. The van der Waals surface area contributed by atoms with E-state index in [1.807, 2.05) is 60.7 Å². The Kier molecular flexibility index (Phi) is 12.7. The van der Waals surface area contributed by atoms with Crippen molar-refractivity contribution in [1.82, 2.24) is 0 Å². The largest absolute Gasteiger partial charge is 0.493 e. The Morgan fingerprint density at radius 2 is 0.896 bits per heavy atom. The number of carbonyl (C=O) groups excluding carboxylic acids is 4. The van der Waals surface area contributed by atoms with Crippen molar-refractivity contribution in [2.75, 3.05) is 27.4 Å². The second kappa shape index (κ2) is 17.3. The van der Waals surface area contributed by atoms with Crippen molar-refractivity contribution >= 4 is 23.5 Å². The molecule has 4 rings (SSSR count). The second-order valence-corrected chi connectivity index (χ2v) is 10.5. The smallest absolute Gasteiger partial charge is 0.318 e. The fraction of sp³-hybridized carbons (Fsp3) is 0.263. The SMILES string of the molecule is CCOC(=O)[C@H](C(=O)c1ccc(OCc2ccccc2)c(OC)c1)[C@@H](C(=O)OCC)C(=O)c1ccc(OCc2ccccc2)c(OC)c1. The van der Waals surface area contributed by atoms with Gasteiger partial charge in [-0.2, -0.15) is 0 Å². The summed E-state index contributed by atoms with van der Waals surface area (Å²) in [4.78, 5) is 55.0. The highest BCUT2D eigenvalue weighted by Crippen LogP contribution is 2.34. The summed E-state index contributed by atoms with van der Waals surface area (Å²) in [5.41, 5.74) is 1.85. The minimum Gasteiger partial charge on any atom is -0.493 e. The quantitative estimate of drug-likeness (QED) is 0.0729. The van der Waals surface area contributed by atoms with Gasteiger partial charge in [0.1, 0.15) is 25.0 Å². The van der Waals surface area contributed by atoms with Crippen LogP contribution >= 0.6 is 0 Å². The number of Topliss-reactive ketones (excluding diaryl/α,β-unsaturated/α-hetero) is 2. The molecule has 0 radical (unpaired) electrons. The average molecular weight is 655 g/mol. The molecule has 0 heterocycles. The predicted molar refractivity (Wildman–Crippen MR) is 176 cm³/mol. The zero-order chi connectivity index (χ0) is 34.5. The number of hydrogen-bond acceptors (Lipinski definition) is 10. The normalized spacial score (nSPS) is 11.8. The molecule has 0 unspecified atom stereocenters. The summed E-state index contributed by atoms with van der Waals surface area (Å²) >= 11 is 0. The molecule has 0 bridgehead atoms. The maximum Gasteiger partial charge on any atom is 0.318 e. The van der Waals surface area contributed by atoms with Crippen molar-refractivity contribution in [2.24, 2.45) is 11.8 Å². The molecule has 0 aliphatic rings. The van der Waals surface area contributed by atoms with Gasteiger partial charge < -0.3 is 28.4 Å². The van der Waals surface area contributed by atoms with Crippen LogP contribution in [0.3, 0.4) is 0 Å². The van der Waals surface area contributed by atoms with Crippen LogP contribution < -0.4 is 18.9 Å². The summed E-state index contributed by atoms with van der Waals surface area (Å²) in [5.74, 6) is -6.35. The van der Waals surface area contributed by atoms with E-state index in [0.717, 1.165) is 11.1 Å². The van der Waals surface area contributed by atoms with E-state index < -0.39 is 35.3 Å². The zero-order valence-corrected chi connectivity index (χ0v) is 27.3. The first-order valence-corrected chi connectivity index (χ1v) is 15.4. The topological polar surface area (TPSA) is 124 Å². The fourth-order valence-corrected chi connectivity index (χ4v) is 4.96. The summed E-state index contributed by atoms with van der Waals surface area (Å²) in [7, 11) is 2.82. The van der Waals surface area contributed by atoms with Crippen molar-refractivity contribution in [1.29, 1.82) is 0 Å². The van der Waals surface area contributed by atoms with Crippen LogP contribution in [0.2, 0.25) is 0 Å². The van der Waals surface area contributed by atoms with Gasteiger partial charge in [0.05, 0.1) is 27.4 Å². The van der Waals surface area contributed by atoms with Crippen LogP contribution in [0, 0.1) is 11.8 Å². The highest BCUT2D eigenvalue weighted by atomic mass is 16.5. The molecule has 0 saturated carbocycles. The molecule has 4 aromatic rings. The Morgan fingerprint density at radius 1 is 0.521 bits per heavy atom. The van der Waals surface area contributed by atoms with Gasteiger partial charge >= 0.3 is 11.9 Å². The van der Waals surface area contributed by atoms with Gasteiger partial charge in [-0.3, -0.25) is 19.2 Å². The highest BCUT2D eigenvalue weighted by Gasteiger charge is 2.46. The third-order valence-electron chi connectivity index (χ3n) is 7.35. The molecule has 4 aromatic carbocycles. The molecule has 0 spiro atoms. The van der Waals surface area contributed by atoms with Crippen molar-refractivity contribution < 1.29 is 47.6 Å².